The maximum absolute atomic E-state index is 13.7. The third-order valence-electron chi connectivity index (χ3n) is 4.99. The second-order valence-electron chi connectivity index (χ2n) is 7.92. The van der Waals surface area contributed by atoms with Gasteiger partial charge in [-0.05, 0) is 43.1 Å². The van der Waals surface area contributed by atoms with Crippen LogP contribution in [-0.2, 0) is 9.92 Å². The van der Waals surface area contributed by atoms with Crippen molar-refractivity contribution in [1.82, 2.24) is 4.72 Å². The Morgan fingerprint density at radius 3 is 2.17 bits per heavy atom. The molecule has 0 heterocycles. The molecule has 1 fully saturated rings. The highest BCUT2D eigenvalue weighted by atomic mass is 32.2. The lowest BCUT2D eigenvalue weighted by atomic mass is 9.94. The van der Waals surface area contributed by atoms with Gasteiger partial charge in [0.05, 0.1) is 9.82 Å². The molecule has 1 unspecified atom stereocenters. The van der Waals surface area contributed by atoms with Gasteiger partial charge >= 0.3 is 0 Å². The molecular formula is C16H27N3O3SSi. The maximum atomic E-state index is 13.7. The highest BCUT2D eigenvalue weighted by molar-refractivity contribution is 7.92. The summed E-state index contributed by atoms with van der Waals surface area (Å²) in [7, 11) is -4.96. The molecule has 1 aromatic rings. The zero-order valence-electron chi connectivity index (χ0n) is 15.0. The number of nitro benzene ring substituents is 1. The van der Waals surface area contributed by atoms with Crippen LogP contribution in [0.25, 0.3) is 0 Å². The van der Waals surface area contributed by atoms with Crippen LogP contribution in [0.3, 0.4) is 0 Å². The van der Waals surface area contributed by atoms with Crippen molar-refractivity contribution < 1.29 is 9.13 Å². The van der Waals surface area contributed by atoms with Crippen LogP contribution in [0.5, 0.6) is 0 Å². The average molecular weight is 370 g/mol. The van der Waals surface area contributed by atoms with E-state index in [1.54, 1.807) is 12.1 Å². The third-order valence-corrected chi connectivity index (χ3v) is 13.1. The minimum atomic E-state index is -2.80. The second kappa shape index (κ2) is 6.57. The Labute approximate surface area is 145 Å². The number of hydrogen-bond acceptors (Lipinski definition) is 4. The molecule has 0 radical (unpaired) electrons. The quantitative estimate of drug-likeness (QED) is 0.471. The Balaban J connectivity index is 2.50. The molecule has 0 saturated heterocycles. The van der Waals surface area contributed by atoms with Crippen molar-refractivity contribution in [2.45, 2.75) is 69.1 Å². The van der Waals surface area contributed by atoms with Gasteiger partial charge in [0.2, 0.25) is 0 Å². The van der Waals surface area contributed by atoms with E-state index in [9.17, 15) is 14.3 Å². The Kier molecular flexibility index (Phi) is 5.22. The topological polar surface area (TPSA) is 84.6 Å². The molecule has 6 nitrogen and oxygen atoms in total. The largest absolute Gasteiger partial charge is 0.269 e. The van der Waals surface area contributed by atoms with Crippen molar-refractivity contribution >= 4 is 23.8 Å². The number of hydrogen-bond donors (Lipinski definition) is 1. The molecular weight excluding hydrogens is 342 g/mol. The van der Waals surface area contributed by atoms with Crippen LogP contribution in [0.1, 0.15) is 40.0 Å². The SMILES string of the molecule is CC(C)(C)[Si](C)(C)N=S(=O)(NC1CCC1)c1ccc([N+](=O)[O-])cc1. The van der Waals surface area contributed by atoms with Crippen molar-refractivity contribution in [3.8, 4) is 0 Å². The second-order valence-corrected chi connectivity index (χ2v) is 15.0. The Hall–Kier alpha value is -1.25. The summed E-state index contributed by atoms with van der Waals surface area (Å²) in [6, 6.07) is 6.16. The normalized spacial score (nSPS) is 18.5. The van der Waals surface area contributed by atoms with Crippen LogP contribution >= 0.6 is 0 Å². The number of nitro groups is 1. The van der Waals surface area contributed by atoms with Crippen LogP contribution in [0, 0.1) is 10.1 Å². The summed E-state index contributed by atoms with van der Waals surface area (Å²) in [5, 5.41) is 10.8. The van der Waals surface area contributed by atoms with Crippen molar-refractivity contribution in [2.24, 2.45) is 4.03 Å². The molecule has 1 atom stereocenters. The molecule has 0 spiro atoms. The van der Waals surface area contributed by atoms with E-state index in [2.05, 4.69) is 38.6 Å². The minimum absolute atomic E-state index is 0.00327. The first-order valence-corrected chi connectivity index (χ1v) is 12.7. The summed E-state index contributed by atoms with van der Waals surface area (Å²) in [5.74, 6) is 0. The van der Waals surface area contributed by atoms with Crippen LogP contribution in [0.4, 0.5) is 5.69 Å². The lowest BCUT2D eigenvalue weighted by molar-refractivity contribution is -0.384. The molecule has 1 aliphatic carbocycles. The van der Waals surface area contributed by atoms with Gasteiger partial charge in [-0.25, -0.2) is 8.93 Å². The number of benzene rings is 1. The van der Waals surface area contributed by atoms with Gasteiger partial charge in [-0.1, -0.05) is 27.2 Å². The maximum Gasteiger partial charge on any atom is 0.269 e. The van der Waals surface area contributed by atoms with Gasteiger partial charge in [-0.15, -0.1) is 0 Å². The van der Waals surface area contributed by atoms with Gasteiger partial charge in [0.25, 0.3) is 5.69 Å². The number of nitrogens with one attached hydrogen (secondary N) is 1. The predicted octanol–water partition coefficient (Wildman–Crippen LogP) is 4.48. The molecule has 0 aliphatic heterocycles. The zero-order valence-corrected chi connectivity index (χ0v) is 16.9. The van der Waals surface area contributed by atoms with Gasteiger partial charge in [-0.2, -0.15) is 0 Å². The summed E-state index contributed by atoms with van der Waals surface area (Å²) in [5.41, 5.74) is -0.00327. The van der Waals surface area contributed by atoms with Gasteiger partial charge in [0, 0.05) is 18.2 Å². The van der Waals surface area contributed by atoms with E-state index < -0.39 is 23.1 Å². The molecule has 1 aromatic carbocycles. The molecule has 0 aromatic heterocycles. The standard InChI is InChI=1S/C16H27N3O3SSi/c1-16(2,3)24(4,5)18-23(22,17-13-7-6-8-13)15-11-9-14(10-12-15)19(20)21/h9-13H,6-8H2,1-5H3,(H,17,18,22). The summed E-state index contributed by atoms with van der Waals surface area (Å²) in [6.45, 7) is 10.6. The lowest BCUT2D eigenvalue weighted by Crippen LogP contribution is -2.43. The number of nitrogens with zero attached hydrogens (tertiary/aromatic N) is 2. The smallest absolute Gasteiger partial charge is 0.261 e. The first kappa shape index (κ1) is 19.1. The van der Waals surface area contributed by atoms with Crippen LogP contribution < -0.4 is 4.72 Å². The van der Waals surface area contributed by atoms with Gasteiger partial charge in [0.1, 0.15) is 9.92 Å². The Morgan fingerprint density at radius 2 is 1.79 bits per heavy atom. The van der Waals surface area contributed by atoms with E-state index in [-0.39, 0.29) is 16.8 Å². The van der Waals surface area contributed by atoms with Gasteiger partial charge in [0.15, 0.2) is 8.24 Å². The molecule has 8 heteroatoms. The summed E-state index contributed by atoms with van der Waals surface area (Å²) in [6.07, 6.45) is 3.13. The van der Waals surface area contributed by atoms with Crippen LogP contribution in [0.15, 0.2) is 33.2 Å². The predicted molar refractivity (Wildman–Crippen MR) is 99.9 cm³/mol. The molecule has 1 N–H and O–H groups in total. The fourth-order valence-electron chi connectivity index (χ4n) is 2.11. The fraction of sp³-hybridized carbons (Fsp3) is 0.625. The highest BCUT2D eigenvalue weighted by Gasteiger charge is 2.38. The van der Waals surface area contributed by atoms with Crippen LogP contribution in [0.2, 0.25) is 18.1 Å². The number of rotatable bonds is 5. The Morgan fingerprint density at radius 1 is 1.25 bits per heavy atom. The molecule has 24 heavy (non-hydrogen) atoms. The molecule has 1 saturated carbocycles. The molecule has 134 valence electrons. The van der Waals surface area contributed by atoms with E-state index in [1.807, 2.05) is 0 Å². The van der Waals surface area contributed by atoms with Crippen molar-refractivity contribution in [3.63, 3.8) is 0 Å². The lowest BCUT2D eigenvalue weighted by Gasteiger charge is -2.35. The van der Waals surface area contributed by atoms with E-state index in [4.69, 9.17) is 4.03 Å². The fourth-order valence-corrected chi connectivity index (χ4v) is 7.74. The van der Waals surface area contributed by atoms with Gasteiger partial charge < -0.3 is 0 Å². The summed E-state index contributed by atoms with van der Waals surface area (Å²) >= 11 is 0. The zero-order chi connectivity index (χ0) is 18.2. The molecule has 0 amide bonds. The monoisotopic (exact) mass is 369 g/mol. The highest BCUT2D eigenvalue weighted by Crippen LogP contribution is 2.38. The molecule has 1 aliphatic rings. The molecule has 0 bridgehead atoms. The van der Waals surface area contributed by atoms with Crippen molar-refractivity contribution in [1.29, 1.82) is 0 Å². The summed E-state index contributed by atoms with van der Waals surface area (Å²) in [4.78, 5) is 10.9. The summed E-state index contributed by atoms with van der Waals surface area (Å²) < 4.78 is 21.8. The van der Waals surface area contributed by atoms with E-state index in [0.29, 0.717) is 4.90 Å². The van der Waals surface area contributed by atoms with E-state index in [1.165, 1.54) is 12.1 Å². The van der Waals surface area contributed by atoms with Crippen LogP contribution in [-0.4, -0.2) is 23.4 Å². The van der Waals surface area contributed by atoms with E-state index in [0.717, 1.165) is 19.3 Å². The van der Waals surface area contributed by atoms with Crippen molar-refractivity contribution in [2.75, 3.05) is 0 Å². The van der Waals surface area contributed by atoms with Gasteiger partial charge in [-0.3, -0.25) is 14.1 Å². The number of non-ortho nitro benzene ring substituents is 1. The van der Waals surface area contributed by atoms with Crippen molar-refractivity contribution in [3.05, 3.63) is 34.4 Å². The molecule has 2 rings (SSSR count). The Bertz CT molecular complexity index is 728. The average Bonchev–Trinajstić information content (AvgIpc) is 2.41. The first-order valence-electron chi connectivity index (χ1n) is 8.25. The first-order chi connectivity index (χ1) is 10.9. The third kappa shape index (κ3) is 4.04. The minimum Gasteiger partial charge on any atom is -0.261 e. The van der Waals surface area contributed by atoms with E-state index >= 15 is 0 Å².